The van der Waals surface area contributed by atoms with Crippen molar-refractivity contribution in [3.05, 3.63) is 35.9 Å². The molecule has 1 aromatic carbocycles. The molecular weight excluding hydrogens is 222 g/mol. The van der Waals surface area contributed by atoms with E-state index >= 15 is 0 Å². The van der Waals surface area contributed by atoms with Crippen LogP contribution in [0, 0.1) is 5.92 Å². The fraction of sp³-hybridized carbons (Fsp3) is 0.562. The second-order valence-electron chi connectivity index (χ2n) is 5.73. The van der Waals surface area contributed by atoms with Gasteiger partial charge in [-0.05, 0) is 24.8 Å². The molecule has 2 unspecified atom stereocenters. The third kappa shape index (κ3) is 2.74. The number of hydrogen-bond acceptors (Lipinski definition) is 1. The monoisotopic (exact) mass is 245 g/mol. The van der Waals surface area contributed by atoms with Gasteiger partial charge < -0.3 is 4.90 Å². The number of amides is 1. The van der Waals surface area contributed by atoms with E-state index in [9.17, 15) is 4.79 Å². The van der Waals surface area contributed by atoms with Gasteiger partial charge in [0, 0.05) is 24.9 Å². The highest BCUT2D eigenvalue weighted by Gasteiger charge is 2.34. The Kier molecular flexibility index (Phi) is 4.05. The summed E-state index contributed by atoms with van der Waals surface area (Å²) >= 11 is 0. The highest BCUT2D eigenvalue weighted by atomic mass is 16.2. The lowest BCUT2D eigenvalue weighted by Crippen LogP contribution is -2.35. The molecule has 0 aliphatic carbocycles. The van der Waals surface area contributed by atoms with E-state index in [0.717, 1.165) is 13.0 Å². The van der Waals surface area contributed by atoms with E-state index in [4.69, 9.17) is 0 Å². The van der Waals surface area contributed by atoms with Crippen LogP contribution in [0.1, 0.15) is 45.1 Å². The number of carbonyl (C=O) groups is 1. The summed E-state index contributed by atoms with van der Waals surface area (Å²) in [6.07, 6.45) is 1.76. The fourth-order valence-electron chi connectivity index (χ4n) is 2.90. The van der Waals surface area contributed by atoms with Crippen LogP contribution in [0.25, 0.3) is 0 Å². The summed E-state index contributed by atoms with van der Waals surface area (Å²) in [5.74, 6) is 1.26. The molecule has 1 aliphatic rings. The van der Waals surface area contributed by atoms with Crippen LogP contribution in [0.3, 0.4) is 0 Å². The molecule has 2 atom stereocenters. The average molecular weight is 245 g/mol. The van der Waals surface area contributed by atoms with Crippen LogP contribution in [0.4, 0.5) is 0 Å². The summed E-state index contributed by atoms with van der Waals surface area (Å²) in [6, 6.07) is 10.9. The van der Waals surface area contributed by atoms with Crippen molar-refractivity contribution in [2.75, 3.05) is 6.54 Å². The van der Waals surface area contributed by atoms with Crippen LogP contribution >= 0.6 is 0 Å². The third-order valence-corrected chi connectivity index (χ3v) is 3.89. The van der Waals surface area contributed by atoms with Crippen molar-refractivity contribution in [3.63, 3.8) is 0 Å². The SMILES string of the molecule is CC(C)CC(=O)N1CCC(c2ccccc2)C1C. The zero-order chi connectivity index (χ0) is 13.1. The molecule has 2 nitrogen and oxygen atoms in total. The molecule has 0 spiro atoms. The van der Waals surface area contributed by atoms with Crippen LogP contribution in [-0.2, 0) is 4.79 Å². The average Bonchev–Trinajstić information content (AvgIpc) is 2.71. The number of hydrogen-bond donors (Lipinski definition) is 0. The van der Waals surface area contributed by atoms with Gasteiger partial charge in [0.25, 0.3) is 0 Å². The van der Waals surface area contributed by atoms with Crippen LogP contribution in [0.5, 0.6) is 0 Å². The van der Waals surface area contributed by atoms with E-state index in [2.05, 4.69) is 49.9 Å². The molecule has 1 aromatic rings. The molecule has 1 saturated heterocycles. The van der Waals surface area contributed by atoms with Crippen molar-refractivity contribution in [2.24, 2.45) is 5.92 Å². The first kappa shape index (κ1) is 13.1. The second-order valence-corrected chi connectivity index (χ2v) is 5.73. The standard InChI is InChI=1S/C16H23NO/c1-12(2)11-16(18)17-10-9-15(13(17)3)14-7-5-4-6-8-14/h4-8,12-13,15H,9-11H2,1-3H3. The molecule has 1 heterocycles. The summed E-state index contributed by atoms with van der Waals surface area (Å²) in [5, 5.41) is 0. The first-order chi connectivity index (χ1) is 8.59. The lowest BCUT2D eigenvalue weighted by Gasteiger charge is -2.25. The molecule has 0 saturated carbocycles. The van der Waals surface area contributed by atoms with Crippen molar-refractivity contribution in [1.82, 2.24) is 4.90 Å². The first-order valence-corrected chi connectivity index (χ1v) is 6.94. The topological polar surface area (TPSA) is 20.3 Å². The predicted molar refractivity (Wildman–Crippen MR) is 74.4 cm³/mol. The second kappa shape index (κ2) is 5.55. The van der Waals surface area contributed by atoms with Crippen molar-refractivity contribution in [3.8, 4) is 0 Å². The minimum Gasteiger partial charge on any atom is -0.339 e. The predicted octanol–water partition coefficient (Wildman–Crippen LogP) is 3.44. The molecule has 1 amide bonds. The van der Waals surface area contributed by atoms with Gasteiger partial charge in [-0.15, -0.1) is 0 Å². The highest BCUT2D eigenvalue weighted by Crippen LogP contribution is 2.33. The highest BCUT2D eigenvalue weighted by molar-refractivity contribution is 5.77. The van der Waals surface area contributed by atoms with Crippen LogP contribution in [0.15, 0.2) is 30.3 Å². The zero-order valence-electron chi connectivity index (χ0n) is 11.6. The van der Waals surface area contributed by atoms with Crippen molar-refractivity contribution < 1.29 is 4.79 Å². The Balaban J connectivity index is 2.05. The number of likely N-dealkylation sites (tertiary alicyclic amines) is 1. The molecule has 1 aliphatic heterocycles. The zero-order valence-corrected chi connectivity index (χ0v) is 11.6. The normalized spacial score (nSPS) is 23.7. The summed E-state index contributed by atoms with van der Waals surface area (Å²) in [6.45, 7) is 7.30. The molecule has 2 heteroatoms. The van der Waals surface area contributed by atoms with E-state index in [1.165, 1.54) is 5.56 Å². The Labute approximate surface area is 110 Å². The Morgan fingerprint density at radius 1 is 1.33 bits per heavy atom. The molecule has 2 rings (SSSR count). The number of carbonyl (C=O) groups excluding carboxylic acids is 1. The van der Waals surface area contributed by atoms with Crippen LogP contribution in [-0.4, -0.2) is 23.4 Å². The quantitative estimate of drug-likeness (QED) is 0.799. The van der Waals surface area contributed by atoms with Gasteiger partial charge in [-0.3, -0.25) is 4.79 Å². The summed E-state index contributed by atoms with van der Waals surface area (Å²) in [4.78, 5) is 14.2. The van der Waals surface area contributed by atoms with Gasteiger partial charge in [0.05, 0.1) is 0 Å². The molecule has 1 fully saturated rings. The third-order valence-electron chi connectivity index (χ3n) is 3.89. The van der Waals surface area contributed by atoms with Crippen LogP contribution in [0.2, 0.25) is 0 Å². The van der Waals surface area contributed by atoms with Crippen molar-refractivity contribution >= 4 is 5.91 Å². The largest absolute Gasteiger partial charge is 0.339 e. The van der Waals surface area contributed by atoms with Gasteiger partial charge in [0.15, 0.2) is 0 Å². The Morgan fingerprint density at radius 3 is 2.61 bits per heavy atom. The Morgan fingerprint density at radius 2 is 2.00 bits per heavy atom. The van der Waals surface area contributed by atoms with E-state index < -0.39 is 0 Å². The van der Waals surface area contributed by atoms with Gasteiger partial charge >= 0.3 is 0 Å². The van der Waals surface area contributed by atoms with E-state index in [1.54, 1.807) is 0 Å². The molecule has 0 aromatic heterocycles. The molecule has 18 heavy (non-hydrogen) atoms. The van der Waals surface area contributed by atoms with E-state index in [-0.39, 0.29) is 0 Å². The lowest BCUT2D eigenvalue weighted by molar-refractivity contribution is -0.132. The van der Waals surface area contributed by atoms with Gasteiger partial charge in [-0.2, -0.15) is 0 Å². The van der Waals surface area contributed by atoms with Gasteiger partial charge in [-0.25, -0.2) is 0 Å². The number of benzene rings is 1. The van der Waals surface area contributed by atoms with E-state index in [0.29, 0.717) is 30.2 Å². The van der Waals surface area contributed by atoms with Gasteiger partial charge in [-0.1, -0.05) is 44.2 Å². The first-order valence-electron chi connectivity index (χ1n) is 6.94. The fourth-order valence-corrected chi connectivity index (χ4v) is 2.90. The lowest BCUT2D eigenvalue weighted by atomic mass is 9.93. The maximum absolute atomic E-state index is 12.2. The maximum atomic E-state index is 12.2. The molecular formula is C16H23NO. The van der Waals surface area contributed by atoms with E-state index in [1.807, 2.05) is 6.07 Å². The Bertz CT molecular complexity index is 399. The van der Waals surface area contributed by atoms with Gasteiger partial charge in [0.1, 0.15) is 0 Å². The number of rotatable bonds is 3. The molecule has 0 bridgehead atoms. The summed E-state index contributed by atoms with van der Waals surface area (Å²) < 4.78 is 0. The summed E-state index contributed by atoms with van der Waals surface area (Å²) in [7, 11) is 0. The van der Waals surface area contributed by atoms with Gasteiger partial charge in [0.2, 0.25) is 5.91 Å². The molecule has 98 valence electrons. The van der Waals surface area contributed by atoms with Crippen molar-refractivity contribution in [1.29, 1.82) is 0 Å². The summed E-state index contributed by atoms with van der Waals surface area (Å²) in [5.41, 5.74) is 1.37. The molecule has 0 N–H and O–H groups in total. The maximum Gasteiger partial charge on any atom is 0.223 e. The van der Waals surface area contributed by atoms with Crippen LogP contribution < -0.4 is 0 Å². The van der Waals surface area contributed by atoms with Crippen molar-refractivity contribution in [2.45, 2.75) is 45.6 Å². The smallest absolute Gasteiger partial charge is 0.223 e. The minimum absolute atomic E-state index is 0.316. The molecule has 0 radical (unpaired) electrons. The minimum atomic E-state index is 0.316. The number of nitrogens with zero attached hydrogens (tertiary/aromatic N) is 1. The Hall–Kier alpha value is -1.31.